The van der Waals surface area contributed by atoms with Gasteiger partial charge in [-0.2, -0.15) is 0 Å². The first-order valence-electron chi connectivity index (χ1n) is 2.84. The van der Waals surface area contributed by atoms with Gasteiger partial charge in [0, 0.05) is 4.57 Å². The minimum atomic E-state index is -2.02. The average molecular weight is 161 g/mol. The lowest BCUT2D eigenvalue weighted by atomic mass is 10.8. The highest BCUT2D eigenvalue weighted by molar-refractivity contribution is 7.33. The van der Waals surface area contributed by atoms with Gasteiger partial charge in [0.1, 0.15) is 0 Å². The Morgan fingerprint density at radius 3 is 1.80 bits per heavy atom. The van der Waals surface area contributed by atoms with Gasteiger partial charge in [-0.3, -0.25) is 0 Å². The monoisotopic (exact) mass is 161 g/mol. The zero-order valence-electron chi connectivity index (χ0n) is 5.98. The van der Waals surface area contributed by atoms with Crippen LogP contribution in [0.1, 0.15) is 13.8 Å². The van der Waals surface area contributed by atoms with Crippen LogP contribution in [0.25, 0.3) is 0 Å². The Hall–Kier alpha value is -0.820. The molecule has 4 heteroatoms. The molecule has 0 aliphatic carbocycles. The molecule has 0 bridgehead atoms. The molecule has 0 unspecified atom stereocenters. The van der Waals surface area contributed by atoms with Crippen LogP contribution in [0.4, 0.5) is 0 Å². The van der Waals surface area contributed by atoms with Crippen LogP contribution in [0.5, 0.6) is 0 Å². The van der Waals surface area contributed by atoms with Crippen molar-refractivity contribution in [2.75, 3.05) is 0 Å². The summed E-state index contributed by atoms with van der Waals surface area (Å²) in [6.45, 7) is 3.53. The Morgan fingerprint density at radius 1 is 1.10 bits per heavy atom. The molecule has 0 aliphatic heterocycles. The first kappa shape index (κ1) is 9.18. The van der Waals surface area contributed by atoms with E-state index in [2.05, 4.69) is 9.05 Å². The van der Waals surface area contributed by atoms with Gasteiger partial charge >= 0.3 is 8.25 Å². The molecule has 10 heavy (non-hydrogen) atoms. The maximum absolute atomic E-state index is 10.6. The van der Waals surface area contributed by atoms with E-state index >= 15 is 0 Å². The summed E-state index contributed by atoms with van der Waals surface area (Å²) in [6.07, 6.45) is 5.91. The molecule has 0 rings (SSSR count). The molecule has 0 heterocycles. The summed E-state index contributed by atoms with van der Waals surface area (Å²) in [5, 5.41) is 0. The summed E-state index contributed by atoms with van der Waals surface area (Å²) in [5.41, 5.74) is 0. The lowest BCUT2D eigenvalue weighted by Gasteiger charge is -1.77. The van der Waals surface area contributed by atoms with Crippen LogP contribution >= 0.6 is 8.25 Å². The van der Waals surface area contributed by atoms with Gasteiger partial charge in [-0.15, -0.1) is 0 Å². The summed E-state index contributed by atoms with van der Waals surface area (Å²) in [7, 11) is -2.02. The number of allylic oxidation sites excluding steroid dienone is 2. The van der Waals surface area contributed by atoms with E-state index in [4.69, 9.17) is 0 Å². The van der Waals surface area contributed by atoms with Crippen molar-refractivity contribution in [3.05, 3.63) is 24.7 Å². The first-order valence-corrected chi connectivity index (χ1v) is 3.94. The second-order valence-electron chi connectivity index (χ2n) is 1.37. The molecule has 0 spiro atoms. The zero-order chi connectivity index (χ0) is 7.82. The molecule has 0 saturated heterocycles. The Labute approximate surface area is 61.3 Å². The maximum Gasteiger partial charge on any atom is 0.804 e. The molecule has 56 valence electrons. The second kappa shape index (κ2) is 6.30. The molecule has 0 fully saturated rings. The summed E-state index contributed by atoms with van der Waals surface area (Å²) in [4.78, 5) is 0. The molecule has 3 nitrogen and oxygen atoms in total. The molecule has 0 amide bonds. The predicted molar refractivity (Wildman–Crippen MR) is 39.4 cm³/mol. The van der Waals surface area contributed by atoms with Crippen molar-refractivity contribution in [2.45, 2.75) is 13.8 Å². The lowest BCUT2D eigenvalue weighted by Crippen LogP contribution is -1.67. The van der Waals surface area contributed by atoms with Crippen molar-refractivity contribution in [3.8, 4) is 0 Å². The van der Waals surface area contributed by atoms with Crippen molar-refractivity contribution < 1.29 is 13.6 Å². The van der Waals surface area contributed by atoms with E-state index in [-0.39, 0.29) is 0 Å². The third-order valence-corrected chi connectivity index (χ3v) is 1.15. The van der Waals surface area contributed by atoms with Crippen LogP contribution in [-0.4, -0.2) is 0 Å². The first-order chi connectivity index (χ1) is 4.81. The van der Waals surface area contributed by atoms with E-state index in [0.717, 1.165) is 0 Å². The smallest absolute Gasteiger partial charge is 0.231 e. The van der Waals surface area contributed by atoms with Crippen molar-refractivity contribution in [2.24, 2.45) is 0 Å². The topological polar surface area (TPSA) is 35.5 Å². The molecule has 0 aromatic rings. The molecular formula is C6H10O3P+. The van der Waals surface area contributed by atoms with Gasteiger partial charge in [-0.1, -0.05) is 0 Å². The third-order valence-electron chi connectivity index (χ3n) is 0.566. The van der Waals surface area contributed by atoms with Crippen molar-refractivity contribution in [1.82, 2.24) is 0 Å². The van der Waals surface area contributed by atoms with E-state index < -0.39 is 8.25 Å². The Morgan fingerprint density at radius 2 is 1.50 bits per heavy atom. The van der Waals surface area contributed by atoms with Crippen molar-refractivity contribution in [1.29, 1.82) is 0 Å². The second-order valence-corrected chi connectivity index (χ2v) is 2.24. The minimum Gasteiger partial charge on any atom is -0.231 e. The van der Waals surface area contributed by atoms with E-state index in [0.29, 0.717) is 0 Å². The maximum atomic E-state index is 10.6. The van der Waals surface area contributed by atoms with Crippen LogP contribution in [0.3, 0.4) is 0 Å². The van der Waals surface area contributed by atoms with E-state index in [9.17, 15) is 4.57 Å². The summed E-state index contributed by atoms with van der Waals surface area (Å²) < 4.78 is 19.7. The SMILES string of the molecule is CC=CO[P+](=O)OC=CC. The highest BCUT2D eigenvalue weighted by Crippen LogP contribution is 2.23. The Bertz CT molecular complexity index is 135. The molecular weight excluding hydrogens is 151 g/mol. The minimum absolute atomic E-state index is 1.32. The average Bonchev–Trinajstić information content (AvgIpc) is 1.97. The van der Waals surface area contributed by atoms with E-state index in [1.165, 1.54) is 12.5 Å². The fourth-order valence-corrected chi connectivity index (χ4v) is 0.738. The molecule has 0 aromatic carbocycles. The largest absolute Gasteiger partial charge is 0.804 e. The van der Waals surface area contributed by atoms with E-state index in [1.807, 2.05) is 0 Å². The van der Waals surface area contributed by atoms with Gasteiger partial charge in [0.05, 0.1) is 0 Å². The van der Waals surface area contributed by atoms with Crippen molar-refractivity contribution in [3.63, 3.8) is 0 Å². The Kier molecular flexibility index (Phi) is 5.79. The molecule has 0 atom stereocenters. The van der Waals surface area contributed by atoms with Crippen LogP contribution in [-0.2, 0) is 13.6 Å². The summed E-state index contributed by atoms with van der Waals surface area (Å²) in [6, 6.07) is 0. The number of rotatable bonds is 4. The molecule has 0 aliphatic rings. The summed E-state index contributed by atoms with van der Waals surface area (Å²) >= 11 is 0. The van der Waals surface area contributed by atoms with Crippen LogP contribution in [0.15, 0.2) is 24.7 Å². The zero-order valence-corrected chi connectivity index (χ0v) is 6.88. The Balaban J connectivity index is 3.44. The van der Waals surface area contributed by atoms with Gasteiger partial charge in [-0.25, -0.2) is 9.05 Å². The van der Waals surface area contributed by atoms with E-state index in [1.54, 1.807) is 26.0 Å². The molecule has 0 N–H and O–H groups in total. The van der Waals surface area contributed by atoms with Crippen LogP contribution < -0.4 is 0 Å². The van der Waals surface area contributed by atoms with Gasteiger partial charge in [0.2, 0.25) is 0 Å². The lowest BCUT2D eigenvalue weighted by molar-refractivity contribution is 0.355. The quantitative estimate of drug-likeness (QED) is 0.469. The van der Waals surface area contributed by atoms with Crippen molar-refractivity contribution >= 4 is 8.25 Å². The molecule has 0 radical (unpaired) electrons. The normalized spacial score (nSPS) is 12.4. The predicted octanol–water partition coefficient (Wildman–Crippen LogP) is 2.74. The van der Waals surface area contributed by atoms with Crippen LogP contribution in [0, 0.1) is 0 Å². The highest BCUT2D eigenvalue weighted by Gasteiger charge is 2.15. The van der Waals surface area contributed by atoms with Gasteiger partial charge < -0.3 is 0 Å². The molecule has 0 aromatic heterocycles. The number of hydrogen-bond acceptors (Lipinski definition) is 3. The number of hydrogen-bond donors (Lipinski definition) is 0. The van der Waals surface area contributed by atoms with Gasteiger partial charge in [0.15, 0.2) is 12.5 Å². The fourth-order valence-electron chi connectivity index (χ4n) is 0.246. The highest BCUT2D eigenvalue weighted by atomic mass is 31.1. The van der Waals surface area contributed by atoms with Crippen LogP contribution in [0.2, 0.25) is 0 Å². The van der Waals surface area contributed by atoms with Gasteiger partial charge in [0.25, 0.3) is 0 Å². The third kappa shape index (κ3) is 5.32. The standard InChI is InChI=1S/C6H10O3P/c1-3-5-8-10(7)9-6-4-2/h3-6H,1-2H3/q+1. The summed E-state index contributed by atoms with van der Waals surface area (Å²) in [5.74, 6) is 0. The fraction of sp³-hybridized carbons (Fsp3) is 0.333. The molecule has 0 saturated carbocycles. The van der Waals surface area contributed by atoms with Gasteiger partial charge in [-0.05, 0) is 26.0 Å².